The van der Waals surface area contributed by atoms with Crippen LogP contribution in [0.5, 0.6) is 0 Å². The molecule has 4 rings (SSSR count). The van der Waals surface area contributed by atoms with Gasteiger partial charge in [-0.2, -0.15) is 0 Å². The Labute approximate surface area is 172 Å². The number of benzene rings is 2. The van der Waals surface area contributed by atoms with Gasteiger partial charge in [-0.1, -0.05) is 0 Å². The molecule has 5 heteroatoms. The van der Waals surface area contributed by atoms with E-state index in [2.05, 4.69) is 60.7 Å². The summed E-state index contributed by atoms with van der Waals surface area (Å²) in [6.07, 6.45) is 4.41. The van der Waals surface area contributed by atoms with Crippen LogP contribution in [-0.2, 0) is 32.7 Å². The molecule has 2 unspecified atom stereocenters. The Morgan fingerprint density at radius 2 is 1.08 bits per heavy atom. The molecule has 0 fully saturated rings. The first-order valence-electron chi connectivity index (χ1n) is 7.77. The second-order valence-electron chi connectivity index (χ2n) is 5.79. The second kappa shape index (κ2) is 8.58. The average Bonchev–Trinajstić information content (AvgIpc) is 3.14. The van der Waals surface area contributed by atoms with Gasteiger partial charge in [-0.15, -0.1) is 0 Å². The summed E-state index contributed by atoms with van der Waals surface area (Å²) in [5.74, 6) is 2.25. The van der Waals surface area contributed by atoms with Crippen LogP contribution in [0.15, 0.2) is 60.0 Å². The van der Waals surface area contributed by atoms with Gasteiger partial charge in [0.05, 0.1) is 0 Å². The molecule has 2 aliphatic carbocycles. The Bertz CT molecular complexity index is 749. The monoisotopic (exact) mass is 450 g/mol. The number of fused-ring (bicyclic) bond motifs is 2. The molecule has 128 valence electrons. The van der Waals surface area contributed by atoms with Crippen molar-refractivity contribution in [2.24, 2.45) is 0 Å². The third kappa shape index (κ3) is 3.60. The predicted molar refractivity (Wildman–Crippen MR) is 88.3 cm³/mol. The van der Waals surface area contributed by atoms with Gasteiger partial charge < -0.3 is 24.8 Å². The molecule has 2 nitrogen and oxygen atoms in total. The number of halogens is 2. The minimum Gasteiger partial charge on any atom is -1.00 e. The van der Waals surface area contributed by atoms with Crippen LogP contribution >= 0.6 is 0 Å². The smallest absolute Gasteiger partial charge is 1.00 e. The first-order chi connectivity index (χ1) is 11.3. The summed E-state index contributed by atoms with van der Waals surface area (Å²) in [7, 11) is 3.58. The van der Waals surface area contributed by atoms with Crippen LogP contribution in [-0.4, -0.2) is 14.2 Å². The largest absolute Gasteiger partial charge is 1.00 e. The number of hydrogen-bond acceptors (Lipinski definition) is 2. The fourth-order valence-corrected chi connectivity index (χ4v) is 8.25. The summed E-state index contributed by atoms with van der Waals surface area (Å²) in [5, 5.41) is 0. The molecule has 0 aliphatic heterocycles. The van der Waals surface area contributed by atoms with Gasteiger partial charge in [-0.05, 0) is 0 Å². The second-order valence-corrected chi connectivity index (χ2v) is 9.45. The molecule has 0 spiro atoms. The summed E-state index contributed by atoms with van der Waals surface area (Å²) in [6, 6.07) is 17.3. The van der Waals surface area contributed by atoms with Gasteiger partial charge in [0.2, 0.25) is 0 Å². The van der Waals surface area contributed by atoms with Crippen molar-refractivity contribution in [3.8, 4) is 0 Å². The zero-order valence-corrected chi connectivity index (χ0v) is 18.0. The third-order valence-corrected chi connectivity index (χ3v) is 9.15. The maximum atomic E-state index is 5.72. The van der Waals surface area contributed by atoms with Crippen LogP contribution in [0.4, 0.5) is 0 Å². The van der Waals surface area contributed by atoms with E-state index in [4.69, 9.17) is 9.47 Å². The van der Waals surface area contributed by atoms with E-state index in [1.807, 2.05) is 0 Å². The molecular formula is C20H18Cl2O2Zr. The molecule has 0 saturated carbocycles. The number of ether oxygens (including phenoxy) is 2. The van der Waals surface area contributed by atoms with Crippen molar-refractivity contribution < 1.29 is 57.5 Å². The molecule has 0 aromatic heterocycles. The minimum atomic E-state index is -0.898. The molecule has 0 N–H and O–H groups in total. The molecule has 0 amide bonds. The minimum absolute atomic E-state index is 0. The van der Waals surface area contributed by atoms with E-state index in [-0.39, 0.29) is 24.8 Å². The molecule has 2 aromatic carbocycles. The van der Waals surface area contributed by atoms with E-state index in [0.717, 1.165) is 11.5 Å². The van der Waals surface area contributed by atoms with E-state index >= 15 is 0 Å². The third-order valence-electron chi connectivity index (χ3n) is 4.58. The van der Waals surface area contributed by atoms with E-state index in [1.165, 1.54) is 22.3 Å². The zero-order chi connectivity index (χ0) is 15.8. The van der Waals surface area contributed by atoms with Crippen LogP contribution in [0.3, 0.4) is 0 Å². The number of methoxy groups -OCH3 is 2. The fourth-order valence-electron chi connectivity index (χ4n) is 3.45. The molecule has 0 bridgehead atoms. The molecule has 2 aromatic rings. The van der Waals surface area contributed by atoms with Crippen LogP contribution < -0.4 is 24.8 Å². The summed E-state index contributed by atoms with van der Waals surface area (Å²) in [5.41, 5.74) is 5.47. The number of allylic oxidation sites excluding steroid dienone is 2. The average molecular weight is 452 g/mol. The quantitative estimate of drug-likeness (QED) is 0.566. The normalized spacial score (nSPS) is 19.3. The van der Waals surface area contributed by atoms with Gasteiger partial charge in [0.25, 0.3) is 0 Å². The van der Waals surface area contributed by atoms with Crippen molar-refractivity contribution in [3.05, 3.63) is 82.3 Å². The van der Waals surface area contributed by atoms with Crippen molar-refractivity contribution in [1.82, 2.24) is 0 Å². The van der Waals surface area contributed by atoms with E-state index in [0.29, 0.717) is 7.25 Å². The topological polar surface area (TPSA) is 18.5 Å². The van der Waals surface area contributed by atoms with Crippen LogP contribution in [0.2, 0.25) is 0 Å². The van der Waals surface area contributed by atoms with Crippen molar-refractivity contribution in [2.75, 3.05) is 14.2 Å². The first kappa shape index (κ1) is 20.3. The van der Waals surface area contributed by atoms with Gasteiger partial charge in [-0.25, -0.2) is 0 Å². The van der Waals surface area contributed by atoms with Crippen LogP contribution in [0.25, 0.3) is 12.2 Å². The Balaban J connectivity index is 0.00000113. The van der Waals surface area contributed by atoms with Gasteiger partial charge in [-0.3, -0.25) is 0 Å². The maximum Gasteiger partial charge on any atom is -1.00 e. The molecular weight excluding hydrogens is 434 g/mol. The van der Waals surface area contributed by atoms with Crippen LogP contribution in [0, 0.1) is 0 Å². The van der Waals surface area contributed by atoms with Crippen molar-refractivity contribution in [1.29, 1.82) is 0 Å². The van der Waals surface area contributed by atoms with E-state index < -0.39 is 23.2 Å². The molecule has 0 saturated heterocycles. The summed E-state index contributed by atoms with van der Waals surface area (Å²) in [4.78, 5) is 0. The Kier molecular flexibility index (Phi) is 6.96. The SMILES string of the molecule is COC1=Cc2ccccc2[CH]1[Zr+2][CH]1C(OC)=Cc2ccccc21.[Cl-].[Cl-]. The summed E-state index contributed by atoms with van der Waals surface area (Å²) >= 11 is -0.898. The molecule has 25 heavy (non-hydrogen) atoms. The van der Waals surface area contributed by atoms with Gasteiger partial charge in [0.1, 0.15) is 0 Å². The summed E-state index contributed by atoms with van der Waals surface area (Å²) < 4.78 is 12.3. The van der Waals surface area contributed by atoms with E-state index in [9.17, 15) is 0 Å². The molecule has 2 atom stereocenters. The van der Waals surface area contributed by atoms with Crippen LogP contribution in [0.1, 0.15) is 29.5 Å². The zero-order valence-electron chi connectivity index (χ0n) is 14.0. The van der Waals surface area contributed by atoms with Crippen molar-refractivity contribution in [3.63, 3.8) is 0 Å². The predicted octanol–water partition coefficient (Wildman–Crippen LogP) is -1.44. The molecule has 2 aliphatic rings. The Morgan fingerprint density at radius 1 is 0.680 bits per heavy atom. The van der Waals surface area contributed by atoms with Gasteiger partial charge in [0.15, 0.2) is 0 Å². The summed E-state index contributed by atoms with van der Waals surface area (Å²) in [6.45, 7) is 0. The Morgan fingerprint density at radius 3 is 1.48 bits per heavy atom. The van der Waals surface area contributed by atoms with Gasteiger partial charge >= 0.3 is 149 Å². The maximum absolute atomic E-state index is 5.72. The Hall–Kier alpha value is -1.02. The van der Waals surface area contributed by atoms with Crippen molar-refractivity contribution in [2.45, 2.75) is 7.25 Å². The van der Waals surface area contributed by atoms with Crippen molar-refractivity contribution >= 4 is 12.2 Å². The standard InChI is InChI=1S/2C10H9O.2ClH.Zr/c2*1-11-10-6-8-4-2-3-5-9(8)7-10;;;/h2*2-7H,1H3;2*1H;/q;;;;+2/p-2. The molecule has 0 radical (unpaired) electrons. The first-order valence-corrected chi connectivity index (χ1v) is 10.6. The number of hydrogen-bond donors (Lipinski definition) is 0. The van der Waals surface area contributed by atoms with Gasteiger partial charge in [0, 0.05) is 0 Å². The van der Waals surface area contributed by atoms with E-state index in [1.54, 1.807) is 14.2 Å². The fraction of sp³-hybridized carbons (Fsp3) is 0.200. The molecule has 0 heterocycles. The number of rotatable bonds is 4.